The molecule has 90 valence electrons. The van der Waals surface area contributed by atoms with Crippen LogP contribution >= 0.6 is 0 Å². The summed E-state index contributed by atoms with van der Waals surface area (Å²) in [7, 11) is 0. The van der Waals surface area contributed by atoms with Gasteiger partial charge in [0.2, 0.25) is 0 Å². The fraction of sp³-hybridized carbons (Fsp3) is 0.556. The third kappa shape index (κ3) is 2.74. The second-order valence-electron chi connectivity index (χ2n) is 3.14. The van der Waals surface area contributed by atoms with Gasteiger partial charge in [-0.3, -0.25) is 0 Å². The Balaban J connectivity index is 2.83. The molecule has 1 rings (SSSR count). The van der Waals surface area contributed by atoms with Gasteiger partial charge in [0, 0.05) is 6.20 Å². The zero-order valence-corrected chi connectivity index (χ0v) is 8.78. The van der Waals surface area contributed by atoms with Crippen molar-refractivity contribution in [3.8, 4) is 0 Å². The van der Waals surface area contributed by atoms with Crippen LogP contribution in [-0.2, 0) is 4.74 Å². The summed E-state index contributed by atoms with van der Waals surface area (Å²) in [4.78, 5) is 14.7. The maximum atomic E-state index is 12.3. The van der Waals surface area contributed by atoms with Crippen LogP contribution in [0.1, 0.15) is 30.4 Å². The van der Waals surface area contributed by atoms with Crippen molar-refractivity contribution in [3.63, 3.8) is 0 Å². The normalized spacial score (nSPS) is 13.6. The predicted molar refractivity (Wildman–Crippen MR) is 48.9 cm³/mol. The molecule has 0 aliphatic heterocycles. The van der Waals surface area contributed by atoms with E-state index in [1.807, 2.05) is 0 Å². The summed E-state index contributed by atoms with van der Waals surface area (Å²) < 4.78 is 42.4. The number of esters is 1. The molecule has 16 heavy (non-hydrogen) atoms. The van der Waals surface area contributed by atoms with E-state index in [0.29, 0.717) is 0 Å². The monoisotopic (exact) mass is 236 g/mol. The number of imidazole rings is 1. The summed E-state index contributed by atoms with van der Waals surface area (Å²) in [5.74, 6) is -0.726. The molecule has 0 saturated carbocycles. The van der Waals surface area contributed by atoms with Crippen molar-refractivity contribution >= 4 is 5.97 Å². The van der Waals surface area contributed by atoms with Crippen molar-refractivity contribution in [3.05, 3.63) is 18.2 Å². The highest BCUT2D eigenvalue weighted by atomic mass is 19.4. The van der Waals surface area contributed by atoms with Gasteiger partial charge in [-0.05, 0) is 13.8 Å². The first-order chi connectivity index (χ1) is 7.36. The lowest BCUT2D eigenvalue weighted by Gasteiger charge is -2.16. The number of hydrogen-bond donors (Lipinski definition) is 0. The van der Waals surface area contributed by atoms with E-state index in [0.717, 1.165) is 24.0 Å². The molecule has 0 saturated heterocycles. The van der Waals surface area contributed by atoms with Gasteiger partial charge in [-0.25, -0.2) is 9.78 Å². The van der Waals surface area contributed by atoms with Crippen LogP contribution in [0.3, 0.4) is 0 Å². The van der Waals surface area contributed by atoms with Gasteiger partial charge < -0.3 is 9.30 Å². The van der Waals surface area contributed by atoms with Crippen LogP contribution in [0.2, 0.25) is 0 Å². The maximum Gasteiger partial charge on any atom is 0.408 e. The molecule has 4 nitrogen and oxygen atoms in total. The Morgan fingerprint density at radius 1 is 1.62 bits per heavy atom. The summed E-state index contributed by atoms with van der Waals surface area (Å²) in [6.45, 7) is 2.74. The second-order valence-corrected chi connectivity index (χ2v) is 3.14. The number of nitrogens with zero attached hydrogens (tertiary/aromatic N) is 2. The van der Waals surface area contributed by atoms with E-state index in [9.17, 15) is 18.0 Å². The Bertz CT molecular complexity index is 373. The third-order valence-corrected chi connectivity index (χ3v) is 2.01. The number of halogens is 3. The summed E-state index contributed by atoms with van der Waals surface area (Å²) in [6.07, 6.45) is -2.38. The first-order valence-electron chi connectivity index (χ1n) is 4.63. The van der Waals surface area contributed by atoms with Crippen molar-refractivity contribution in [1.82, 2.24) is 9.55 Å². The van der Waals surface area contributed by atoms with Crippen molar-refractivity contribution in [2.75, 3.05) is 6.61 Å². The van der Waals surface area contributed by atoms with Gasteiger partial charge in [0.25, 0.3) is 0 Å². The van der Waals surface area contributed by atoms with E-state index >= 15 is 0 Å². The Labute approximate surface area is 90.0 Å². The molecule has 0 aliphatic rings. The molecule has 0 radical (unpaired) electrons. The van der Waals surface area contributed by atoms with Crippen LogP contribution in [0.4, 0.5) is 13.2 Å². The topological polar surface area (TPSA) is 44.1 Å². The average molecular weight is 236 g/mol. The van der Waals surface area contributed by atoms with Crippen molar-refractivity contribution in [1.29, 1.82) is 0 Å². The lowest BCUT2D eigenvalue weighted by atomic mass is 10.3. The van der Waals surface area contributed by atoms with E-state index in [1.54, 1.807) is 6.92 Å². The number of alkyl halides is 3. The third-order valence-electron chi connectivity index (χ3n) is 2.01. The molecule has 0 aromatic carbocycles. The molecule has 0 amide bonds. The van der Waals surface area contributed by atoms with Gasteiger partial charge in [0.1, 0.15) is 6.04 Å². The summed E-state index contributed by atoms with van der Waals surface area (Å²) in [5.41, 5.74) is -0.127. The molecule has 0 N–H and O–H groups in total. The van der Waals surface area contributed by atoms with Gasteiger partial charge in [-0.1, -0.05) is 0 Å². The quantitative estimate of drug-likeness (QED) is 0.755. The zero-order chi connectivity index (χ0) is 12.3. The number of carbonyl (C=O) groups is 1. The van der Waals surface area contributed by atoms with Gasteiger partial charge in [-0.2, -0.15) is 13.2 Å². The first-order valence-corrected chi connectivity index (χ1v) is 4.63. The van der Waals surface area contributed by atoms with Crippen molar-refractivity contribution < 1.29 is 22.7 Å². The molecule has 0 spiro atoms. The highest BCUT2D eigenvalue weighted by molar-refractivity contribution is 5.86. The molecule has 1 aromatic rings. The number of ether oxygens (including phenoxy) is 1. The Morgan fingerprint density at radius 3 is 2.75 bits per heavy atom. The molecule has 0 aliphatic carbocycles. The smallest absolute Gasteiger partial charge is 0.408 e. The molecule has 7 heteroatoms. The SMILES string of the molecule is CCOC(=O)c1cn(C(C)C(F)(F)F)cn1. The largest absolute Gasteiger partial charge is 0.461 e. The molecule has 0 bridgehead atoms. The van der Waals surface area contributed by atoms with E-state index in [-0.39, 0.29) is 12.3 Å². The molecule has 1 heterocycles. The van der Waals surface area contributed by atoms with E-state index in [4.69, 9.17) is 0 Å². The fourth-order valence-corrected chi connectivity index (χ4v) is 1.03. The van der Waals surface area contributed by atoms with Gasteiger partial charge in [-0.15, -0.1) is 0 Å². The standard InChI is InChI=1S/C9H11F3N2O2/c1-3-16-8(15)7-4-14(5-13-7)6(2)9(10,11)12/h4-6H,3H2,1-2H3. The molecule has 1 aromatic heterocycles. The van der Waals surface area contributed by atoms with Gasteiger partial charge in [0.05, 0.1) is 12.9 Å². The molecule has 1 atom stereocenters. The van der Waals surface area contributed by atoms with Crippen LogP contribution < -0.4 is 0 Å². The number of rotatable bonds is 3. The predicted octanol–water partition coefficient (Wildman–Crippen LogP) is 2.18. The lowest BCUT2D eigenvalue weighted by Crippen LogP contribution is -2.22. The highest BCUT2D eigenvalue weighted by Crippen LogP contribution is 2.29. The Morgan fingerprint density at radius 2 is 2.25 bits per heavy atom. The summed E-state index contributed by atoms with van der Waals surface area (Å²) in [5, 5.41) is 0. The van der Waals surface area contributed by atoms with Crippen molar-refractivity contribution in [2.24, 2.45) is 0 Å². The highest BCUT2D eigenvalue weighted by Gasteiger charge is 2.37. The lowest BCUT2D eigenvalue weighted by molar-refractivity contribution is -0.163. The zero-order valence-electron chi connectivity index (χ0n) is 8.78. The minimum atomic E-state index is -4.37. The Kier molecular flexibility index (Phi) is 3.56. The van der Waals surface area contributed by atoms with Crippen LogP contribution in [0, 0.1) is 0 Å². The van der Waals surface area contributed by atoms with Crippen molar-refractivity contribution in [2.45, 2.75) is 26.1 Å². The minimum absolute atomic E-state index is 0.127. The van der Waals surface area contributed by atoms with Crippen LogP contribution in [-0.4, -0.2) is 28.3 Å². The summed E-state index contributed by atoms with van der Waals surface area (Å²) in [6, 6.07) is -1.72. The number of carbonyl (C=O) groups excluding carboxylic acids is 1. The summed E-state index contributed by atoms with van der Waals surface area (Å²) >= 11 is 0. The van der Waals surface area contributed by atoms with Gasteiger partial charge in [0.15, 0.2) is 5.69 Å². The maximum absolute atomic E-state index is 12.3. The first kappa shape index (κ1) is 12.5. The van der Waals surface area contributed by atoms with Crippen LogP contribution in [0.15, 0.2) is 12.5 Å². The Hall–Kier alpha value is -1.53. The second kappa shape index (κ2) is 4.54. The van der Waals surface area contributed by atoms with E-state index in [1.165, 1.54) is 0 Å². The molecular formula is C9H11F3N2O2. The number of hydrogen-bond acceptors (Lipinski definition) is 3. The fourth-order valence-electron chi connectivity index (χ4n) is 1.03. The number of aromatic nitrogens is 2. The molecule has 0 fully saturated rings. The molecular weight excluding hydrogens is 225 g/mol. The van der Waals surface area contributed by atoms with E-state index in [2.05, 4.69) is 9.72 Å². The van der Waals surface area contributed by atoms with Crippen LogP contribution in [0.5, 0.6) is 0 Å². The van der Waals surface area contributed by atoms with E-state index < -0.39 is 18.2 Å². The van der Waals surface area contributed by atoms with Crippen LogP contribution in [0.25, 0.3) is 0 Å². The van der Waals surface area contributed by atoms with Gasteiger partial charge >= 0.3 is 12.1 Å². The average Bonchev–Trinajstić information content (AvgIpc) is 2.64. The molecule has 1 unspecified atom stereocenters. The minimum Gasteiger partial charge on any atom is -0.461 e.